The van der Waals surface area contributed by atoms with Gasteiger partial charge in [0.1, 0.15) is 12.4 Å². The average molecular weight is 268 g/mol. The molecule has 0 unspecified atom stereocenters. The zero-order valence-corrected chi connectivity index (χ0v) is 11.1. The highest BCUT2D eigenvalue weighted by atomic mass is 19.1. The van der Waals surface area contributed by atoms with E-state index in [9.17, 15) is 14.0 Å². The van der Waals surface area contributed by atoms with E-state index in [2.05, 4.69) is 5.32 Å². The molecule has 0 heterocycles. The summed E-state index contributed by atoms with van der Waals surface area (Å²) in [6.45, 7) is 4.74. The molecular formula is C13H17FN2O3. The normalized spacial score (nSPS) is 10.4. The number of carboxylic acids is 1. The molecule has 19 heavy (non-hydrogen) atoms. The third-order valence-corrected chi connectivity index (χ3v) is 2.63. The zero-order chi connectivity index (χ0) is 14.6. The van der Waals surface area contributed by atoms with Crippen LogP contribution in [-0.4, -0.2) is 34.6 Å². The number of nitrogens with one attached hydrogen (secondary N) is 1. The smallest absolute Gasteiger partial charge is 0.323 e. The second-order valence-corrected chi connectivity index (χ2v) is 4.50. The molecule has 0 radical (unpaired) electrons. The molecule has 0 aliphatic carbocycles. The minimum absolute atomic E-state index is 0.273. The minimum atomic E-state index is -1.10. The van der Waals surface area contributed by atoms with Crippen LogP contribution in [0.25, 0.3) is 0 Å². The van der Waals surface area contributed by atoms with Gasteiger partial charge in [-0.2, -0.15) is 0 Å². The van der Waals surface area contributed by atoms with E-state index in [1.54, 1.807) is 26.8 Å². The van der Waals surface area contributed by atoms with Crippen molar-refractivity contribution < 1.29 is 19.1 Å². The summed E-state index contributed by atoms with van der Waals surface area (Å²) in [7, 11) is 0. The maximum absolute atomic E-state index is 13.1. The standard InChI is InChI=1S/C13H17FN2O3/c1-8(2)16(7-12(17)18)13(19)15-11-6-10(14)5-4-9(11)3/h4-6,8H,7H2,1-3H3,(H,15,19)(H,17,18). The summed E-state index contributed by atoms with van der Waals surface area (Å²) < 4.78 is 13.1. The van der Waals surface area contributed by atoms with Crippen LogP contribution < -0.4 is 5.32 Å². The van der Waals surface area contributed by atoms with Gasteiger partial charge in [-0.3, -0.25) is 4.79 Å². The van der Waals surface area contributed by atoms with Crippen LogP contribution in [0.2, 0.25) is 0 Å². The van der Waals surface area contributed by atoms with Crippen molar-refractivity contribution in [1.29, 1.82) is 0 Å². The van der Waals surface area contributed by atoms with Crippen LogP contribution >= 0.6 is 0 Å². The fourth-order valence-corrected chi connectivity index (χ4v) is 1.55. The number of carbonyl (C=O) groups excluding carboxylic acids is 1. The Morgan fingerprint density at radius 1 is 1.42 bits per heavy atom. The van der Waals surface area contributed by atoms with Crippen LogP contribution in [0.5, 0.6) is 0 Å². The fraction of sp³-hybridized carbons (Fsp3) is 0.385. The molecule has 2 N–H and O–H groups in total. The number of hydrogen-bond donors (Lipinski definition) is 2. The SMILES string of the molecule is Cc1ccc(F)cc1NC(=O)N(CC(=O)O)C(C)C. The molecule has 2 amide bonds. The number of urea groups is 1. The molecule has 0 spiro atoms. The Bertz CT molecular complexity index is 489. The van der Waals surface area contributed by atoms with Crippen molar-refractivity contribution in [2.75, 3.05) is 11.9 Å². The fourth-order valence-electron chi connectivity index (χ4n) is 1.55. The Morgan fingerprint density at radius 2 is 2.05 bits per heavy atom. The molecule has 1 aromatic carbocycles. The lowest BCUT2D eigenvalue weighted by atomic mass is 10.2. The van der Waals surface area contributed by atoms with Gasteiger partial charge < -0.3 is 15.3 Å². The highest BCUT2D eigenvalue weighted by molar-refractivity contribution is 5.92. The van der Waals surface area contributed by atoms with Crippen LogP contribution in [0, 0.1) is 12.7 Å². The predicted octanol–water partition coefficient (Wildman–Crippen LogP) is 2.46. The van der Waals surface area contributed by atoms with E-state index in [0.29, 0.717) is 11.3 Å². The van der Waals surface area contributed by atoms with Gasteiger partial charge in [-0.05, 0) is 38.5 Å². The van der Waals surface area contributed by atoms with Crippen molar-refractivity contribution >= 4 is 17.7 Å². The van der Waals surface area contributed by atoms with E-state index in [-0.39, 0.29) is 6.04 Å². The molecule has 6 heteroatoms. The molecular weight excluding hydrogens is 251 g/mol. The molecule has 0 fully saturated rings. The maximum Gasteiger partial charge on any atom is 0.323 e. The summed E-state index contributed by atoms with van der Waals surface area (Å²) in [6.07, 6.45) is 0. The first-order chi connectivity index (χ1) is 8.81. The van der Waals surface area contributed by atoms with Crippen LogP contribution in [0.1, 0.15) is 19.4 Å². The summed E-state index contributed by atoms with van der Waals surface area (Å²) in [5.41, 5.74) is 1.04. The summed E-state index contributed by atoms with van der Waals surface area (Å²) in [4.78, 5) is 23.9. The largest absolute Gasteiger partial charge is 0.480 e. The molecule has 5 nitrogen and oxygen atoms in total. The monoisotopic (exact) mass is 268 g/mol. The summed E-state index contributed by atoms with van der Waals surface area (Å²) >= 11 is 0. The quantitative estimate of drug-likeness (QED) is 0.881. The van der Waals surface area contributed by atoms with Gasteiger partial charge in [0.25, 0.3) is 0 Å². The Kier molecular flexibility index (Phi) is 4.86. The Morgan fingerprint density at radius 3 is 2.58 bits per heavy atom. The molecule has 0 atom stereocenters. The summed E-state index contributed by atoms with van der Waals surface area (Å²) in [5, 5.41) is 11.3. The Hall–Kier alpha value is -2.11. The highest BCUT2D eigenvalue weighted by Gasteiger charge is 2.20. The minimum Gasteiger partial charge on any atom is -0.480 e. The lowest BCUT2D eigenvalue weighted by Crippen LogP contribution is -2.43. The topological polar surface area (TPSA) is 69.6 Å². The number of hydrogen-bond acceptors (Lipinski definition) is 2. The number of amides is 2. The molecule has 1 rings (SSSR count). The second-order valence-electron chi connectivity index (χ2n) is 4.50. The van der Waals surface area contributed by atoms with E-state index >= 15 is 0 Å². The maximum atomic E-state index is 13.1. The first kappa shape index (κ1) is 14.9. The van der Waals surface area contributed by atoms with Crippen molar-refractivity contribution in [3.63, 3.8) is 0 Å². The third kappa shape index (κ3) is 4.24. The lowest BCUT2D eigenvalue weighted by molar-refractivity contribution is -0.137. The summed E-state index contributed by atoms with van der Waals surface area (Å²) in [5.74, 6) is -1.56. The predicted molar refractivity (Wildman–Crippen MR) is 69.6 cm³/mol. The molecule has 0 aliphatic rings. The van der Waals surface area contributed by atoms with Crippen molar-refractivity contribution in [2.24, 2.45) is 0 Å². The van der Waals surface area contributed by atoms with Gasteiger partial charge in [0.2, 0.25) is 0 Å². The third-order valence-electron chi connectivity index (χ3n) is 2.63. The zero-order valence-electron chi connectivity index (χ0n) is 11.1. The number of aliphatic carboxylic acids is 1. The van der Waals surface area contributed by atoms with Crippen LogP contribution in [-0.2, 0) is 4.79 Å². The molecule has 0 aliphatic heterocycles. The van der Waals surface area contributed by atoms with Crippen molar-refractivity contribution in [3.05, 3.63) is 29.6 Å². The first-order valence-corrected chi connectivity index (χ1v) is 5.87. The number of halogens is 1. The van der Waals surface area contributed by atoms with E-state index in [1.165, 1.54) is 12.1 Å². The highest BCUT2D eigenvalue weighted by Crippen LogP contribution is 2.17. The van der Waals surface area contributed by atoms with Crippen molar-refractivity contribution in [3.8, 4) is 0 Å². The summed E-state index contributed by atoms with van der Waals surface area (Å²) in [6, 6.07) is 3.20. The van der Waals surface area contributed by atoms with Crippen LogP contribution in [0.15, 0.2) is 18.2 Å². The molecule has 104 valence electrons. The lowest BCUT2D eigenvalue weighted by Gasteiger charge is -2.25. The second kappa shape index (κ2) is 6.17. The van der Waals surface area contributed by atoms with E-state index in [1.807, 2.05) is 0 Å². The molecule has 0 saturated heterocycles. The molecule has 0 aromatic heterocycles. The number of nitrogens with zero attached hydrogens (tertiary/aromatic N) is 1. The van der Waals surface area contributed by atoms with Gasteiger partial charge in [0.15, 0.2) is 0 Å². The first-order valence-electron chi connectivity index (χ1n) is 5.87. The molecule has 0 bridgehead atoms. The number of benzene rings is 1. The van der Waals surface area contributed by atoms with Gasteiger partial charge in [-0.15, -0.1) is 0 Å². The van der Waals surface area contributed by atoms with Gasteiger partial charge in [0, 0.05) is 11.7 Å². The van der Waals surface area contributed by atoms with Crippen LogP contribution in [0.4, 0.5) is 14.9 Å². The van der Waals surface area contributed by atoms with Gasteiger partial charge in [-0.1, -0.05) is 6.07 Å². The number of carbonyl (C=O) groups is 2. The van der Waals surface area contributed by atoms with Gasteiger partial charge in [-0.25, -0.2) is 9.18 Å². The average Bonchev–Trinajstić information content (AvgIpc) is 2.30. The Labute approximate surface area is 111 Å². The van der Waals surface area contributed by atoms with Crippen molar-refractivity contribution in [1.82, 2.24) is 4.90 Å². The van der Waals surface area contributed by atoms with E-state index in [0.717, 1.165) is 4.90 Å². The van der Waals surface area contributed by atoms with E-state index < -0.39 is 24.4 Å². The van der Waals surface area contributed by atoms with Crippen LogP contribution in [0.3, 0.4) is 0 Å². The number of carboxylic acid groups (broad SMARTS) is 1. The number of rotatable bonds is 4. The Balaban J connectivity index is 2.87. The molecule has 1 aromatic rings. The number of anilines is 1. The van der Waals surface area contributed by atoms with Gasteiger partial charge in [0.05, 0.1) is 0 Å². The molecule has 0 saturated carbocycles. The van der Waals surface area contributed by atoms with E-state index in [4.69, 9.17) is 5.11 Å². The van der Waals surface area contributed by atoms with Gasteiger partial charge >= 0.3 is 12.0 Å². The van der Waals surface area contributed by atoms with Crippen molar-refractivity contribution in [2.45, 2.75) is 26.8 Å². The number of aryl methyl sites for hydroxylation is 1.